The van der Waals surface area contributed by atoms with Crippen LogP contribution in [0.5, 0.6) is 0 Å². The van der Waals surface area contributed by atoms with Crippen LogP contribution in [-0.2, 0) is 16.0 Å². The van der Waals surface area contributed by atoms with Crippen molar-refractivity contribution in [2.75, 3.05) is 26.0 Å². The first-order chi connectivity index (χ1) is 14.2. The number of carbonyl (C=O) groups excluding carboxylic acids is 3. The van der Waals surface area contributed by atoms with Crippen LogP contribution < -0.4 is 4.90 Å². The number of imide groups is 2. The Bertz CT molecular complexity index is 1060. The molecule has 2 aromatic rings. The van der Waals surface area contributed by atoms with Crippen molar-refractivity contribution in [3.05, 3.63) is 69.8 Å². The highest BCUT2D eigenvalue weighted by Gasteiger charge is 2.63. The number of hydrogen-bond acceptors (Lipinski definition) is 6. The number of anilines is 1. The molecule has 0 bridgehead atoms. The molecule has 2 aliphatic heterocycles. The molecular formula is C21H20N4O5. The van der Waals surface area contributed by atoms with Gasteiger partial charge in [0.15, 0.2) is 5.41 Å². The Balaban J connectivity index is 2.00. The van der Waals surface area contributed by atoms with Crippen LogP contribution in [0.25, 0.3) is 0 Å². The van der Waals surface area contributed by atoms with E-state index in [0.29, 0.717) is 11.3 Å². The van der Waals surface area contributed by atoms with Gasteiger partial charge in [-0.3, -0.25) is 29.5 Å². The number of rotatable bonds is 2. The van der Waals surface area contributed by atoms with Gasteiger partial charge in [0.05, 0.1) is 11.0 Å². The number of urea groups is 1. The van der Waals surface area contributed by atoms with Crippen molar-refractivity contribution >= 4 is 29.2 Å². The zero-order valence-electron chi connectivity index (χ0n) is 16.7. The van der Waals surface area contributed by atoms with Gasteiger partial charge < -0.3 is 4.90 Å². The van der Waals surface area contributed by atoms with Crippen molar-refractivity contribution in [3.8, 4) is 0 Å². The molecule has 1 spiro atoms. The summed E-state index contributed by atoms with van der Waals surface area (Å²) < 4.78 is 0. The highest BCUT2D eigenvalue weighted by Crippen LogP contribution is 2.52. The van der Waals surface area contributed by atoms with Crippen molar-refractivity contribution in [3.63, 3.8) is 0 Å². The van der Waals surface area contributed by atoms with E-state index in [1.165, 1.54) is 26.2 Å². The van der Waals surface area contributed by atoms with Crippen LogP contribution in [0.3, 0.4) is 0 Å². The van der Waals surface area contributed by atoms with E-state index < -0.39 is 34.2 Å². The molecule has 1 fully saturated rings. The average Bonchev–Trinajstić information content (AvgIpc) is 2.75. The zero-order chi connectivity index (χ0) is 21.8. The summed E-state index contributed by atoms with van der Waals surface area (Å²) >= 11 is 0. The normalized spacial score (nSPS) is 20.6. The summed E-state index contributed by atoms with van der Waals surface area (Å²) in [5.74, 6) is -1.23. The second-order valence-corrected chi connectivity index (χ2v) is 7.65. The fourth-order valence-corrected chi connectivity index (χ4v) is 4.66. The SMILES string of the molecule is CN1C(=O)N(C)C(=O)C2(Cc3cc([N+](=O)[O-])ccc3N(C)[C@@H]2c2ccccc2)C1=O. The third-order valence-corrected chi connectivity index (χ3v) is 6.04. The maximum Gasteiger partial charge on any atom is 0.332 e. The van der Waals surface area contributed by atoms with Gasteiger partial charge in [0.25, 0.3) is 5.69 Å². The smallest absolute Gasteiger partial charge is 0.332 e. The van der Waals surface area contributed by atoms with Gasteiger partial charge in [-0.25, -0.2) is 4.79 Å². The highest BCUT2D eigenvalue weighted by molar-refractivity contribution is 6.20. The van der Waals surface area contributed by atoms with Crippen LogP contribution in [0.2, 0.25) is 0 Å². The van der Waals surface area contributed by atoms with Crippen molar-refractivity contribution in [2.24, 2.45) is 5.41 Å². The van der Waals surface area contributed by atoms with Crippen LogP contribution in [-0.4, -0.2) is 53.7 Å². The average molecular weight is 408 g/mol. The number of fused-ring (bicyclic) bond motifs is 1. The van der Waals surface area contributed by atoms with Crippen molar-refractivity contribution < 1.29 is 19.3 Å². The number of nitrogens with zero attached hydrogens (tertiary/aromatic N) is 4. The Morgan fingerprint density at radius 3 is 2.13 bits per heavy atom. The van der Waals surface area contributed by atoms with Gasteiger partial charge in [-0.2, -0.15) is 0 Å². The molecule has 0 saturated carbocycles. The molecule has 9 nitrogen and oxygen atoms in total. The minimum atomic E-state index is -1.63. The van der Waals surface area contributed by atoms with Gasteiger partial charge in [-0.15, -0.1) is 0 Å². The third kappa shape index (κ3) is 2.51. The van der Waals surface area contributed by atoms with E-state index in [2.05, 4.69) is 0 Å². The minimum absolute atomic E-state index is 0.0481. The van der Waals surface area contributed by atoms with Crippen LogP contribution in [0.15, 0.2) is 48.5 Å². The lowest BCUT2D eigenvalue weighted by atomic mass is 9.66. The molecule has 0 aromatic heterocycles. The predicted octanol–water partition coefficient (Wildman–Crippen LogP) is 2.37. The number of amides is 4. The maximum absolute atomic E-state index is 13.5. The summed E-state index contributed by atoms with van der Waals surface area (Å²) in [6.07, 6.45) is -0.0481. The molecule has 2 aromatic carbocycles. The zero-order valence-corrected chi connectivity index (χ0v) is 16.7. The standard InChI is InChI=1S/C21H20N4O5/c1-22-16-10-9-15(25(29)30)11-14(16)12-21(17(22)13-7-5-4-6-8-13)18(26)23(2)20(28)24(3)19(21)27/h4-11,17H,12H2,1-3H3/t17-/m1/s1. The number of non-ortho nitro benzene ring substituents is 1. The first-order valence-electron chi connectivity index (χ1n) is 9.35. The van der Waals surface area contributed by atoms with E-state index in [0.717, 1.165) is 15.4 Å². The second kappa shape index (κ2) is 6.65. The predicted molar refractivity (Wildman–Crippen MR) is 108 cm³/mol. The topological polar surface area (TPSA) is 104 Å². The fourth-order valence-electron chi connectivity index (χ4n) is 4.66. The lowest BCUT2D eigenvalue weighted by Crippen LogP contribution is -2.68. The first kappa shape index (κ1) is 19.6. The first-order valence-corrected chi connectivity index (χ1v) is 9.35. The molecule has 0 unspecified atom stereocenters. The van der Waals surface area contributed by atoms with E-state index >= 15 is 0 Å². The maximum atomic E-state index is 13.5. The Kier molecular flexibility index (Phi) is 4.34. The Labute approximate surface area is 172 Å². The third-order valence-electron chi connectivity index (χ3n) is 6.04. The lowest BCUT2D eigenvalue weighted by Gasteiger charge is -2.52. The Morgan fingerprint density at radius 1 is 0.967 bits per heavy atom. The number of hydrogen-bond donors (Lipinski definition) is 0. The number of nitro benzene ring substituents is 1. The molecule has 30 heavy (non-hydrogen) atoms. The molecule has 4 amide bonds. The van der Waals surface area contributed by atoms with Crippen molar-refractivity contribution in [2.45, 2.75) is 12.5 Å². The second-order valence-electron chi connectivity index (χ2n) is 7.65. The lowest BCUT2D eigenvalue weighted by molar-refractivity contribution is -0.384. The monoisotopic (exact) mass is 408 g/mol. The number of carbonyl (C=O) groups is 3. The van der Waals surface area contributed by atoms with Crippen LogP contribution in [0, 0.1) is 15.5 Å². The van der Waals surface area contributed by atoms with Gasteiger partial charge in [0.1, 0.15) is 0 Å². The number of benzene rings is 2. The van der Waals surface area contributed by atoms with Gasteiger partial charge in [0.2, 0.25) is 11.8 Å². The van der Waals surface area contributed by atoms with Gasteiger partial charge in [-0.05, 0) is 17.2 Å². The molecule has 2 heterocycles. The van der Waals surface area contributed by atoms with Gasteiger partial charge >= 0.3 is 6.03 Å². The Hall–Kier alpha value is -3.75. The van der Waals surface area contributed by atoms with Gasteiger partial charge in [-0.1, -0.05) is 30.3 Å². The Morgan fingerprint density at radius 2 is 1.57 bits per heavy atom. The summed E-state index contributed by atoms with van der Waals surface area (Å²) in [6, 6.07) is 12.2. The van der Waals surface area contributed by atoms with Crippen molar-refractivity contribution in [1.29, 1.82) is 0 Å². The molecule has 0 radical (unpaired) electrons. The molecule has 9 heteroatoms. The summed E-state index contributed by atoms with van der Waals surface area (Å²) in [7, 11) is 4.45. The highest BCUT2D eigenvalue weighted by atomic mass is 16.6. The fraction of sp³-hybridized carbons (Fsp3) is 0.286. The molecule has 1 saturated heterocycles. The molecular weight excluding hydrogens is 388 g/mol. The molecule has 1 atom stereocenters. The summed E-state index contributed by atoms with van der Waals surface area (Å²) in [6.45, 7) is 0. The largest absolute Gasteiger partial charge is 0.366 e. The molecule has 4 rings (SSSR count). The molecule has 0 N–H and O–H groups in total. The number of nitro groups is 1. The van der Waals surface area contributed by atoms with E-state index in [4.69, 9.17) is 0 Å². The summed E-state index contributed by atoms with van der Waals surface area (Å²) in [5.41, 5.74) is 0.195. The van der Waals surface area contributed by atoms with Crippen molar-refractivity contribution in [1.82, 2.24) is 9.80 Å². The van der Waals surface area contributed by atoms with Gasteiger partial charge in [0, 0.05) is 45.4 Å². The molecule has 2 aliphatic rings. The summed E-state index contributed by atoms with van der Waals surface area (Å²) in [4.78, 5) is 53.9. The number of barbiturate groups is 1. The quantitative estimate of drug-likeness (QED) is 0.429. The molecule has 0 aliphatic carbocycles. The summed E-state index contributed by atoms with van der Waals surface area (Å²) in [5, 5.41) is 11.3. The minimum Gasteiger partial charge on any atom is -0.366 e. The van der Waals surface area contributed by atoms with E-state index in [1.54, 1.807) is 18.0 Å². The van der Waals surface area contributed by atoms with E-state index in [9.17, 15) is 24.5 Å². The van der Waals surface area contributed by atoms with E-state index in [1.807, 2.05) is 30.3 Å². The molecule has 154 valence electrons. The van der Waals surface area contributed by atoms with Crippen LogP contribution >= 0.6 is 0 Å². The van der Waals surface area contributed by atoms with Crippen LogP contribution in [0.1, 0.15) is 17.2 Å². The van der Waals surface area contributed by atoms with E-state index in [-0.39, 0.29) is 12.1 Å². The van der Waals surface area contributed by atoms with Crippen LogP contribution in [0.4, 0.5) is 16.2 Å².